The van der Waals surface area contributed by atoms with E-state index in [1.165, 1.54) is 18.2 Å². The Hall–Kier alpha value is -2.59. The molecule has 0 bridgehead atoms. The van der Waals surface area contributed by atoms with Crippen molar-refractivity contribution in [3.63, 3.8) is 0 Å². The molecule has 0 aliphatic heterocycles. The molecule has 0 radical (unpaired) electrons. The van der Waals surface area contributed by atoms with Crippen LogP contribution in [0.1, 0.15) is 11.1 Å². The van der Waals surface area contributed by atoms with E-state index in [1.807, 2.05) is 30.3 Å². The molecule has 0 aliphatic rings. The number of rotatable bonds is 6. The fourth-order valence-electron chi connectivity index (χ4n) is 2.35. The number of benzene rings is 3. The first-order chi connectivity index (χ1) is 12.1. The molecule has 0 atom stereocenters. The summed E-state index contributed by atoms with van der Waals surface area (Å²) in [5.74, 6) is -0.0299. The second-order valence-electron chi connectivity index (χ2n) is 5.55. The standard InChI is InChI=1S/C20H16ClF2NO/c21-19-11-17(7-8-20(19)23)24-12-14-3-2-6-18(10-14)25-13-15-4-1-5-16(22)9-15/h1-11,24H,12-13H2. The Kier molecular flexibility index (Phi) is 5.51. The first-order valence-corrected chi connectivity index (χ1v) is 8.13. The van der Waals surface area contributed by atoms with Gasteiger partial charge in [0.1, 0.15) is 24.0 Å². The molecule has 0 amide bonds. The summed E-state index contributed by atoms with van der Waals surface area (Å²) >= 11 is 5.77. The number of nitrogens with one attached hydrogen (secondary N) is 1. The van der Waals surface area contributed by atoms with Crippen LogP contribution in [0.25, 0.3) is 0 Å². The van der Waals surface area contributed by atoms with Crippen molar-refractivity contribution in [1.82, 2.24) is 0 Å². The number of halogens is 3. The predicted molar refractivity (Wildman–Crippen MR) is 95.9 cm³/mol. The minimum atomic E-state index is -0.444. The molecule has 0 unspecified atom stereocenters. The largest absolute Gasteiger partial charge is 0.489 e. The fraction of sp³-hybridized carbons (Fsp3) is 0.100. The van der Waals surface area contributed by atoms with Crippen molar-refractivity contribution in [2.24, 2.45) is 0 Å². The number of ether oxygens (including phenoxy) is 1. The van der Waals surface area contributed by atoms with Crippen LogP contribution >= 0.6 is 11.6 Å². The van der Waals surface area contributed by atoms with Gasteiger partial charge >= 0.3 is 0 Å². The van der Waals surface area contributed by atoms with Crippen molar-refractivity contribution in [3.8, 4) is 5.75 Å². The van der Waals surface area contributed by atoms with Gasteiger partial charge in [0, 0.05) is 12.2 Å². The van der Waals surface area contributed by atoms with Crippen LogP contribution in [0.15, 0.2) is 66.7 Å². The summed E-state index contributed by atoms with van der Waals surface area (Å²) in [5, 5.41) is 3.26. The molecule has 3 aromatic rings. The van der Waals surface area contributed by atoms with Crippen molar-refractivity contribution in [2.75, 3.05) is 5.32 Å². The highest BCUT2D eigenvalue weighted by Crippen LogP contribution is 2.21. The second-order valence-corrected chi connectivity index (χ2v) is 5.96. The number of anilines is 1. The smallest absolute Gasteiger partial charge is 0.141 e. The maximum Gasteiger partial charge on any atom is 0.141 e. The van der Waals surface area contributed by atoms with Gasteiger partial charge in [-0.15, -0.1) is 0 Å². The number of hydrogen-bond acceptors (Lipinski definition) is 2. The third-order valence-electron chi connectivity index (χ3n) is 3.61. The zero-order valence-corrected chi connectivity index (χ0v) is 14.1. The average molecular weight is 360 g/mol. The topological polar surface area (TPSA) is 21.3 Å². The predicted octanol–water partition coefficient (Wildman–Crippen LogP) is 5.81. The van der Waals surface area contributed by atoms with E-state index < -0.39 is 5.82 Å². The molecule has 0 aliphatic carbocycles. The molecule has 0 saturated carbocycles. The average Bonchev–Trinajstić information content (AvgIpc) is 2.61. The summed E-state index contributed by atoms with van der Waals surface area (Å²) in [6.45, 7) is 0.835. The minimum absolute atomic E-state index is 0.0807. The van der Waals surface area contributed by atoms with Crippen molar-refractivity contribution < 1.29 is 13.5 Å². The summed E-state index contributed by atoms with van der Waals surface area (Å²) < 4.78 is 32.0. The fourth-order valence-corrected chi connectivity index (χ4v) is 2.53. The van der Waals surface area contributed by atoms with E-state index in [2.05, 4.69) is 5.32 Å². The van der Waals surface area contributed by atoms with Gasteiger partial charge in [0.2, 0.25) is 0 Å². The van der Waals surface area contributed by atoms with E-state index in [1.54, 1.807) is 18.2 Å². The third kappa shape index (κ3) is 4.94. The highest BCUT2D eigenvalue weighted by atomic mass is 35.5. The molecule has 25 heavy (non-hydrogen) atoms. The zero-order chi connectivity index (χ0) is 17.6. The molecule has 1 N–H and O–H groups in total. The van der Waals surface area contributed by atoms with Crippen LogP contribution < -0.4 is 10.1 Å². The molecule has 3 aromatic carbocycles. The summed E-state index contributed by atoms with van der Waals surface area (Å²) in [7, 11) is 0. The summed E-state index contributed by atoms with van der Waals surface area (Å²) in [6.07, 6.45) is 0. The van der Waals surface area contributed by atoms with E-state index >= 15 is 0 Å². The van der Waals surface area contributed by atoms with Crippen molar-refractivity contribution in [2.45, 2.75) is 13.2 Å². The Morgan fingerprint density at radius 2 is 1.68 bits per heavy atom. The van der Waals surface area contributed by atoms with Gasteiger partial charge in [-0.05, 0) is 53.6 Å². The van der Waals surface area contributed by atoms with Crippen molar-refractivity contribution in [3.05, 3.63) is 94.5 Å². The lowest BCUT2D eigenvalue weighted by atomic mass is 10.2. The Morgan fingerprint density at radius 1 is 0.880 bits per heavy atom. The molecule has 128 valence electrons. The van der Waals surface area contributed by atoms with Gasteiger partial charge in [-0.1, -0.05) is 35.9 Å². The maximum atomic E-state index is 13.2. The van der Waals surface area contributed by atoms with Gasteiger partial charge in [0.05, 0.1) is 5.02 Å². The van der Waals surface area contributed by atoms with Gasteiger partial charge in [-0.2, -0.15) is 0 Å². The van der Waals surface area contributed by atoms with E-state index in [-0.39, 0.29) is 10.8 Å². The molecular weight excluding hydrogens is 344 g/mol. The van der Waals surface area contributed by atoms with Gasteiger partial charge < -0.3 is 10.1 Å². The summed E-state index contributed by atoms with van der Waals surface area (Å²) in [6, 6.07) is 18.4. The molecule has 0 spiro atoms. The second kappa shape index (κ2) is 7.99. The van der Waals surface area contributed by atoms with E-state index in [9.17, 15) is 8.78 Å². The molecule has 0 fully saturated rings. The minimum Gasteiger partial charge on any atom is -0.489 e. The van der Waals surface area contributed by atoms with Gasteiger partial charge in [-0.25, -0.2) is 8.78 Å². The maximum absolute atomic E-state index is 13.2. The Balaban J connectivity index is 1.60. The van der Waals surface area contributed by atoms with Crippen molar-refractivity contribution in [1.29, 1.82) is 0 Å². The summed E-state index contributed by atoms with van der Waals surface area (Å²) in [4.78, 5) is 0. The van der Waals surface area contributed by atoms with E-state index in [0.29, 0.717) is 18.9 Å². The lowest BCUT2D eigenvalue weighted by Gasteiger charge is -2.10. The van der Waals surface area contributed by atoms with Crippen molar-refractivity contribution >= 4 is 17.3 Å². The Bertz CT molecular complexity index is 870. The van der Waals surface area contributed by atoms with Crippen LogP contribution in [0.2, 0.25) is 5.02 Å². The normalized spacial score (nSPS) is 10.5. The Morgan fingerprint density at radius 3 is 2.48 bits per heavy atom. The van der Waals surface area contributed by atoms with Crippen LogP contribution in [-0.4, -0.2) is 0 Å². The quantitative estimate of drug-likeness (QED) is 0.599. The molecule has 5 heteroatoms. The molecule has 0 aromatic heterocycles. The van der Waals surface area contributed by atoms with Gasteiger partial charge in [-0.3, -0.25) is 0 Å². The highest BCUT2D eigenvalue weighted by molar-refractivity contribution is 6.31. The van der Waals surface area contributed by atoms with Gasteiger partial charge in [0.15, 0.2) is 0 Å². The van der Waals surface area contributed by atoms with Crippen LogP contribution in [0.5, 0.6) is 5.75 Å². The SMILES string of the molecule is Fc1cccc(COc2cccc(CNc3ccc(F)c(Cl)c3)c2)c1. The molecule has 2 nitrogen and oxygen atoms in total. The van der Waals surface area contributed by atoms with E-state index in [0.717, 1.165) is 16.8 Å². The molecule has 0 heterocycles. The first kappa shape index (κ1) is 17.2. The lowest BCUT2D eigenvalue weighted by molar-refractivity contribution is 0.305. The summed E-state index contributed by atoms with van der Waals surface area (Å²) in [5.41, 5.74) is 2.50. The molecule has 0 saturated heterocycles. The van der Waals surface area contributed by atoms with E-state index in [4.69, 9.17) is 16.3 Å². The Labute approximate surface area is 150 Å². The van der Waals surface area contributed by atoms with Crippen LogP contribution in [0, 0.1) is 11.6 Å². The third-order valence-corrected chi connectivity index (χ3v) is 3.90. The van der Waals surface area contributed by atoms with Gasteiger partial charge in [0.25, 0.3) is 0 Å². The molecule has 3 rings (SSSR count). The zero-order valence-electron chi connectivity index (χ0n) is 13.3. The first-order valence-electron chi connectivity index (χ1n) is 7.75. The lowest BCUT2D eigenvalue weighted by Crippen LogP contribution is -2.01. The monoisotopic (exact) mass is 359 g/mol. The van der Waals surface area contributed by atoms with Crippen LogP contribution in [0.3, 0.4) is 0 Å². The molecular formula is C20H16ClF2NO. The van der Waals surface area contributed by atoms with Crippen LogP contribution in [0.4, 0.5) is 14.5 Å². The highest BCUT2D eigenvalue weighted by Gasteiger charge is 2.02. The van der Waals surface area contributed by atoms with Crippen LogP contribution in [-0.2, 0) is 13.2 Å². The number of hydrogen-bond donors (Lipinski definition) is 1.